The van der Waals surface area contributed by atoms with E-state index < -0.39 is 11.8 Å². The minimum atomic E-state index is -0.783. The van der Waals surface area contributed by atoms with Crippen molar-refractivity contribution in [3.63, 3.8) is 0 Å². The van der Waals surface area contributed by atoms with Gasteiger partial charge in [-0.1, -0.05) is 5.16 Å². The van der Waals surface area contributed by atoms with Gasteiger partial charge in [0, 0.05) is 93.0 Å². The molecular weight excluding hydrogens is 907 g/mol. The van der Waals surface area contributed by atoms with Crippen LogP contribution in [-0.2, 0) is 9.47 Å². The molecule has 4 saturated heterocycles. The first-order valence-electron chi connectivity index (χ1n) is 23.0. The van der Waals surface area contributed by atoms with Crippen molar-refractivity contribution in [2.75, 3.05) is 99.2 Å². The first-order chi connectivity index (χ1) is 33.9. The van der Waals surface area contributed by atoms with Crippen LogP contribution in [0.5, 0.6) is 0 Å². The molecule has 4 aliphatic heterocycles. The van der Waals surface area contributed by atoms with E-state index >= 15 is 0 Å². The highest BCUT2D eigenvalue weighted by atomic mass is 16.5. The standard InChI is InChI=1S/C25H29N9O5.C20H26N8O3/c1-15-13-19(32-39-15)23(36)28-18-3-2-8-34(14-18)25-29-22(20(21(26)35)30-31-25)27-17-6-4-16(5-7-17)24(37)33-9-11-38-12-10-33;21-14-2-1-7-28(12-14)20-24-18(16(17(22)29)25-26-20)23-15-5-3-13(4-6-15)19(30)27-8-10-31-11-9-27/h4-7,13,18H,2-3,8-12,14H2,1H3,(H2,26,35)(H,28,36)(H,27,29,31);3-6,14H,1-2,7-12,21H2,(H2,22,29)(H,23,24,26)/t18-;14-/m11/s1. The number of amides is 5. The minimum absolute atomic E-state index is 0.0416. The fourth-order valence-electron chi connectivity index (χ4n) is 8.17. The molecule has 2 atom stereocenters. The average Bonchev–Trinajstić information content (AvgIpc) is 3.83. The molecule has 0 unspecified atom stereocenters. The predicted octanol–water partition coefficient (Wildman–Crippen LogP) is 0.996. The highest BCUT2D eigenvalue weighted by Crippen LogP contribution is 2.25. The number of morpholine rings is 2. The number of nitrogens with one attached hydrogen (secondary N) is 3. The number of piperidine rings is 2. The first-order valence-corrected chi connectivity index (χ1v) is 23.0. The summed E-state index contributed by atoms with van der Waals surface area (Å²) in [5, 5.41) is 29.0. The molecule has 2 aromatic carbocycles. The second kappa shape index (κ2) is 22.5. The Balaban J connectivity index is 0.000000193. The molecule has 7 heterocycles. The molecule has 4 aliphatic rings. The van der Waals surface area contributed by atoms with Gasteiger partial charge in [0.2, 0.25) is 11.9 Å². The molecule has 3 aromatic heterocycles. The first kappa shape index (κ1) is 48.6. The number of ether oxygens (including phenoxy) is 2. The molecule has 0 bridgehead atoms. The Morgan fingerprint density at radius 2 is 1.10 bits per heavy atom. The van der Waals surface area contributed by atoms with Crippen LogP contribution in [0.1, 0.15) is 83.6 Å². The van der Waals surface area contributed by atoms with E-state index in [1.165, 1.54) is 0 Å². The quantitative estimate of drug-likeness (QED) is 0.102. The fraction of sp³-hybridized carbons (Fsp3) is 0.422. The van der Waals surface area contributed by atoms with Gasteiger partial charge in [-0.25, -0.2) is 0 Å². The molecular formula is C45H55N17O8. The molecule has 70 heavy (non-hydrogen) atoms. The Morgan fingerprint density at radius 3 is 1.54 bits per heavy atom. The number of hydrogen-bond donors (Lipinski definition) is 6. The minimum Gasteiger partial charge on any atom is -0.378 e. The van der Waals surface area contributed by atoms with Crippen LogP contribution in [0.4, 0.5) is 34.9 Å². The number of aryl methyl sites for hydroxylation is 1. The number of hydrogen-bond acceptors (Lipinski definition) is 20. The lowest BCUT2D eigenvalue weighted by Gasteiger charge is -2.32. The van der Waals surface area contributed by atoms with Crippen molar-refractivity contribution >= 4 is 64.4 Å². The number of benzene rings is 2. The Morgan fingerprint density at radius 1 is 0.629 bits per heavy atom. The van der Waals surface area contributed by atoms with Crippen molar-refractivity contribution in [2.45, 2.75) is 44.7 Å². The monoisotopic (exact) mass is 961 g/mol. The van der Waals surface area contributed by atoms with Gasteiger partial charge in [-0.2, -0.15) is 9.97 Å². The molecule has 25 nitrogen and oxygen atoms in total. The number of primary amides is 2. The number of nitrogens with zero attached hydrogens (tertiary/aromatic N) is 11. The number of nitrogens with two attached hydrogens (primary N) is 3. The number of aromatic nitrogens is 7. The largest absolute Gasteiger partial charge is 0.378 e. The van der Waals surface area contributed by atoms with E-state index in [0.29, 0.717) is 106 Å². The normalized spacial score (nSPS) is 18.3. The van der Waals surface area contributed by atoms with E-state index in [9.17, 15) is 24.0 Å². The van der Waals surface area contributed by atoms with Crippen LogP contribution in [0.2, 0.25) is 0 Å². The van der Waals surface area contributed by atoms with Crippen LogP contribution in [-0.4, -0.2) is 166 Å². The second-order valence-electron chi connectivity index (χ2n) is 17.0. The van der Waals surface area contributed by atoms with Crippen LogP contribution in [0.3, 0.4) is 0 Å². The molecule has 368 valence electrons. The van der Waals surface area contributed by atoms with Crippen molar-refractivity contribution in [2.24, 2.45) is 17.2 Å². The molecule has 9 N–H and O–H groups in total. The number of carbonyl (C=O) groups excluding carboxylic acids is 5. The Labute approximate surface area is 401 Å². The van der Waals surface area contributed by atoms with E-state index in [0.717, 1.165) is 32.2 Å². The molecule has 4 fully saturated rings. The molecule has 0 spiro atoms. The molecule has 5 aromatic rings. The van der Waals surface area contributed by atoms with Gasteiger partial charge in [0.25, 0.3) is 29.5 Å². The summed E-state index contributed by atoms with van der Waals surface area (Å²) in [7, 11) is 0. The number of carbonyl (C=O) groups is 5. The van der Waals surface area contributed by atoms with E-state index in [2.05, 4.69) is 51.5 Å². The van der Waals surface area contributed by atoms with Crippen molar-refractivity contribution in [3.05, 3.63) is 88.6 Å². The van der Waals surface area contributed by atoms with Gasteiger partial charge >= 0.3 is 0 Å². The zero-order valence-electron chi connectivity index (χ0n) is 38.6. The Bertz CT molecular complexity index is 2660. The lowest BCUT2D eigenvalue weighted by Crippen LogP contribution is -2.48. The van der Waals surface area contributed by atoms with Crippen molar-refractivity contribution in [1.29, 1.82) is 0 Å². The van der Waals surface area contributed by atoms with Gasteiger partial charge < -0.3 is 66.7 Å². The van der Waals surface area contributed by atoms with E-state index in [1.54, 1.807) is 71.3 Å². The van der Waals surface area contributed by atoms with Crippen molar-refractivity contribution in [1.82, 2.24) is 50.6 Å². The lowest BCUT2D eigenvalue weighted by molar-refractivity contribution is 0.0301. The number of anilines is 6. The van der Waals surface area contributed by atoms with E-state index in [-0.39, 0.29) is 64.5 Å². The van der Waals surface area contributed by atoms with Crippen LogP contribution in [0.25, 0.3) is 0 Å². The summed E-state index contributed by atoms with van der Waals surface area (Å²) in [6.45, 7) is 8.60. The lowest BCUT2D eigenvalue weighted by atomic mass is 10.1. The smallest absolute Gasteiger partial charge is 0.273 e. The summed E-state index contributed by atoms with van der Waals surface area (Å²) < 4.78 is 15.6. The van der Waals surface area contributed by atoms with Gasteiger partial charge in [0.15, 0.2) is 28.7 Å². The fourth-order valence-corrected chi connectivity index (χ4v) is 8.17. The van der Waals surface area contributed by atoms with Gasteiger partial charge in [0.1, 0.15) is 5.76 Å². The van der Waals surface area contributed by atoms with Crippen molar-refractivity contribution in [3.8, 4) is 0 Å². The summed E-state index contributed by atoms with van der Waals surface area (Å²) in [4.78, 5) is 78.0. The topological polar surface area (TPSA) is 334 Å². The van der Waals surface area contributed by atoms with E-state index in [1.807, 2.05) is 9.80 Å². The highest BCUT2D eigenvalue weighted by Gasteiger charge is 2.28. The molecule has 0 radical (unpaired) electrons. The van der Waals surface area contributed by atoms with Crippen LogP contribution < -0.4 is 43.0 Å². The third kappa shape index (κ3) is 12.2. The van der Waals surface area contributed by atoms with Gasteiger partial charge in [0.05, 0.1) is 26.4 Å². The molecule has 5 amide bonds. The van der Waals surface area contributed by atoms with Gasteiger partial charge in [-0.05, 0) is 81.1 Å². The Kier molecular flexibility index (Phi) is 15.6. The zero-order valence-corrected chi connectivity index (χ0v) is 38.6. The molecule has 0 saturated carbocycles. The van der Waals surface area contributed by atoms with Crippen LogP contribution in [0, 0.1) is 6.92 Å². The zero-order chi connectivity index (χ0) is 49.1. The van der Waals surface area contributed by atoms with Gasteiger partial charge in [-0.3, -0.25) is 24.0 Å². The summed E-state index contributed by atoms with van der Waals surface area (Å²) in [5.74, 6) is -0.359. The maximum Gasteiger partial charge on any atom is 0.273 e. The molecule has 25 heteroatoms. The van der Waals surface area contributed by atoms with Crippen LogP contribution >= 0.6 is 0 Å². The Hall–Kier alpha value is -7.90. The average molecular weight is 962 g/mol. The second-order valence-corrected chi connectivity index (χ2v) is 17.0. The highest BCUT2D eigenvalue weighted by molar-refractivity contribution is 5.98. The summed E-state index contributed by atoms with van der Waals surface area (Å²) in [6, 6.07) is 15.2. The SMILES string of the molecule is Cc1cc(C(=O)N[C@@H]2CCCN(c3nnc(C(N)=O)c(Nc4ccc(C(=O)N5CCOCC5)cc4)n3)C2)no1.NC(=O)c1nnc(N2CCC[C@@H](N)C2)nc1Nc1ccc(C(=O)N2CCOCC2)cc1. The third-order valence-electron chi connectivity index (χ3n) is 11.8. The summed E-state index contributed by atoms with van der Waals surface area (Å²) in [5.41, 5.74) is 19.4. The van der Waals surface area contributed by atoms with Gasteiger partial charge in [-0.15, -0.1) is 20.4 Å². The van der Waals surface area contributed by atoms with Crippen molar-refractivity contribution < 1.29 is 38.0 Å². The maximum atomic E-state index is 12.7. The summed E-state index contributed by atoms with van der Waals surface area (Å²) >= 11 is 0. The van der Waals surface area contributed by atoms with E-state index in [4.69, 9.17) is 31.2 Å². The predicted molar refractivity (Wildman–Crippen MR) is 253 cm³/mol. The third-order valence-corrected chi connectivity index (χ3v) is 11.8. The van der Waals surface area contributed by atoms with Crippen LogP contribution in [0.15, 0.2) is 59.1 Å². The summed E-state index contributed by atoms with van der Waals surface area (Å²) in [6.07, 6.45) is 3.44. The number of rotatable bonds is 12. The molecule has 9 rings (SSSR count). The molecule has 0 aliphatic carbocycles. The maximum absolute atomic E-state index is 12.7.